The van der Waals surface area contributed by atoms with Gasteiger partial charge in [-0.15, -0.1) is 0 Å². The second-order valence-electron chi connectivity index (χ2n) is 8.82. The number of morpholine rings is 1. The Kier molecular flexibility index (Phi) is 7.57. The van der Waals surface area contributed by atoms with Crippen molar-refractivity contribution in [2.45, 2.75) is 39.2 Å². The summed E-state index contributed by atoms with van der Waals surface area (Å²) in [6.07, 6.45) is 4.17. The minimum absolute atomic E-state index is 0.0393. The molecule has 0 bridgehead atoms. The Morgan fingerprint density at radius 2 is 1.79 bits per heavy atom. The van der Waals surface area contributed by atoms with Crippen molar-refractivity contribution in [2.75, 3.05) is 54.9 Å². The van der Waals surface area contributed by atoms with E-state index in [-0.39, 0.29) is 11.8 Å². The number of para-hydroxylation sites is 1. The van der Waals surface area contributed by atoms with Crippen LogP contribution in [0.5, 0.6) is 0 Å². The van der Waals surface area contributed by atoms with Gasteiger partial charge in [-0.25, -0.2) is 4.98 Å². The van der Waals surface area contributed by atoms with Crippen molar-refractivity contribution in [1.82, 2.24) is 9.88 Å². The lowest BCUT2D eigenvalue weighted by Gasteiger charge is -2.27. The summed E-state index contributed by atoms with van der Waals surface area (Å²) in [6.45, 7) is 7.90. The first-order valence-electron chi connectivity index (χ1n) is 11.7. The fourth-order valence-corrected chi connectivity index (χ4v) is 4.11. The molecule has 2 fully saturated rings. The van der Waals surface area contributed by atoms with Crippen molar-refractivity contribution < 1.29 is 14.3 Å². The molecule has 0 spiro atoms. The molecule has 0 unspecified atom stereocenters. The summed E-state index contributed by atoms with van der Waals surface area (Å²) in [5.74, 6) is 0.783. The molecule has 1 saturated heterocycles. The van der Waals surface area contributed by atoms with Crippen molar-refractivity contribution in [2.24, 2.45) is 0 Å². The quantitative estimate of drug-likeness (QED) is 0.610. The SMILES string of the molecule is Cc1cccc(C)c1NC(=O)CN(CCC(=O)Nc1ccc(N2CCOCC2)nc1)C1CC1. The average Bonchev–Trinajstić information content (AvgIpc) is 3.66. The lowest BCUT2D eigenvalue weighted by molar-refractivity contribution is -0.119. The molecule has 1 aliphatic heterocycles. The summed E-state index contributed by atoms with van der Waals surface area (Å²) in [5, 5.41) is 5.97. The smallest absolute Gasteiger partial charge is 0.238 e. The molecular weight excluding hydrogens is 418 g/mol. The van der Waals surface area contributed by atoms with Gasteiger partial charge in [-0.1, -0.05) is 18.2 Å². The Morgan fingerprint density at radius 3 is 2.42 bits per heavy atom. The minimum atomic E-state index is -0.0725. The molecule has 4 rings (SSSR count). The lowest BCUT2D eigenvalue weighted by Crippen LogP contribution is -2.37. The van der Waals surface area contributed by atoms with E-state index in [1.807, 2.05) is 44.2 Å². The number of hydrogen-bond donors (Lipinski definition) is 2. The first-order chi connectivity index (χ1) is 16.0. The second-order valence-corrected chi connectivity index (χ2v) is 8.82. The number of carbonyl (C=O) groups excluding carboxylic acids is 2. The molecule has 2 aliphatic rings. The maximum Gasteiger partial charge on any atom is 0.238 e. The van der Waals surface area contributed by atoms with E-state index in [2.05, 4.69) is 25.4 Å². The molecule has 176 valence electrons. The Balaban J connectivity index is 1.26. The Labute approximate surface area is 195 Å². The fourth-order valence-electron chi connectivity index (χ4n) is 4.11. The van der Waals surface area contributed by atoms with Gasteiger partial charge in [0.1, 0.15) is 5.82 Å². The number of pyridine rings is 1. The summed E-state index contributed by atoms with van der Waals surface area (Å²) in [7, 11) is 0. The molecule has 8 nitrogen and oxygen atoms in total. The molecule has 33 heavy (non-hydrogen) atoms. The van der Waals surface area contributed by atoms with E-state index in [4.69, 9.17) is 4.74 Å². The van der Waals surface area contributed by atoms with E-state index in [1.165, 1.54) is 0 Å². The highest BCUT2D eigenvalue weighted by Crippen LogP contribution is 2.27. The van der Waals surface area contributed by atoms with Gasteiger partial charge in [0, 0.05) is 37.8 Å². The van der Waals surface area contributed by atoms with E-state index in [0.717, 1.165) is 48.6 Å². The van der Waals surface area contributed by atoms with Gasteiger partial charge in [-0.3, -0.25) is 14.5 Å². The molecule has 1 aliphatic carbocycles. The summed E-state index contributed by atoms with van der Waals surface area (Å²) in [6, 6.07) is 10.2. The Hall–Kier alpha value is -2.97. The molecule has 1 saturated carbocycles. The molecule has 8 heteroatoms. The number of aromatic nitrogens is 1. The van der Waals surface area contributed by atoms with Crippen LogP contribution in [-0.4, -0.2) is 67.1 Å². The zero-order valence-electron chi connectivity index (χ0n) is 19.5. The van der Waals surface area contributed by atoms with Crippen LogP contribution in [0.2, 0.25) is 0 Å². The van der Waals surface area contributed by atoms with E-state index in [1.54, 1.807) is 6.20 Å². The first-order valence-corrected chi connectivity index (χ1v) is 11.7. The normalized spacial score (nSPS) is 16.0. The standard InChI is InChI=1S/C25H33N5O3/c1-18-4-3-5-19(2)25(18)28-24(32)17-30(21-7-8-21)11-10-23(31)27-20-6-9-22(26-16-20)29-12-14-33-15-13-29/h3-6,9,16,21H,7-8,10-15,17H2,1-2H3,(H,27,31)(H,28,32). The van der Waals surface area contributed by atoms with Crippen LogP contribution in [0.3, 0.4) is 0 Å². The molecule has 0 atom stereocenters. The van der Waals surface area contributed by atoms with E-state index in [0.29, 0.717) is 44.5 Å². The summed E-state index contributed by atoms with van der Waals surface area (Å²) in [5.41, 5.74) is 3.66. The summed E-state index contributed by atoms with van der Waals surface area (Å²) >= 11 is 0. The van der Waals surface area contributed by atoms with Gasteiger partial charge < -0.3 is 20.3 Å². The van der Waals surface area contributed by atoms with Gasteiger partial charge in [-0.05, 0) is 49.9 Å². The molecule has 2 amide bonds. The van der Waals surface area contributed by atoms with Gasteiger partial charge in [0.25, 0.3) is 0 Å². The van der Waals surface area contributed by atoms with Crippen LogP contribution >= 0.6 is 0 Å². The number of aryl methyl sites for hydroxylation is 2. The maximum atomic E-state index is 12.7. The third kappa shape index (κ3) is 6.52. The number of amides is 2. The molecule has 2 N–H and O–H groups in total. The minimum Gasteiger partial charge on any atom is -0.378 e. The van der Waals surface area contributed by atoms with Gasteiger partial charge >= 0.3 is 0 Å². The molecule has 0 radical (unpaired) electrons. The predicted octanol–water partition coefficient (Wildman–Crippen LogP) is 2.97. The van der Waals surface area contributed by atoms with E-state index in [9.17, 15) is 9.59 Å². The van der Waals surface area contributed by atoms with Crippen LogP contribution in [0.1, 0.15) is 30.4 Å². The molecule has 1 aromatic heterocycles. The van der Waals surface area contributed by atoms with Gasteiger partial charge in [0.2, 0.25) is 11.8 Å². The third-order valence-corrected chi connectivity index (χ3v) is 6.15. The van der Waals surface area contributed by atoms with Gasteiger partial charge in [-0.2, -0.15) is 0 Å². The Bertz CT molecular complexity index is 948. The van der Waals surface area contributed by atoms with Crippen LogP contribution in [0.25, 0.3) is 0 Å². The number of anilines is 3. The monoisotopic (exact) mass is 451 g/mol. The van der Waals surface area contributed by atoms with Crippen LogP contribution in [0.4, 0.5) is 17.2 Å². The molecule has 2 heterocycles. The topological polar surface area (TPSA) is 86.8 Å². The highest BCUT2D eigenvalue weighted by atomic mass is 16.5. The highest BCUT2D eigenvalue weighted by Gasteiger charge is 2.30. The first kappa shape index (κ1) is 23.2. The maximum absolute atomic E-state index is 12.7. The lowest BCUT2D eigenvalue weighted by atomic mass is 10.1. The number of ether oxygens (including phenoxy) is 1. The molecule has 2 aromatic rings. The highest BCUT2D eigenvalue weighted by molar-refractivity contribution is 5.94. The number of nitrogens with one attached hydrogen (secondary N) is 2. The number of benzene rings is 1. The summed E-state index contributed by atoms with van der Waals surface area (Å²) < 4.78 is 5.37. The van der Waals surface area contributed by atoms with Gasteiger partial charge in [0.05, 0.1) is 31.6 Å². The molecule has 1 aromatic carbocycles. The second kappa shape index (κ2) is 10.8. The van der Waals surface area contributed by atoms with Crippen LogP contribution in [0, 0.1) is 13.8 Å². The largest absolute Gasteiger partial charge is 0.378 e. The van der Waals surface area contributed by atoms with Crippen molar-refractivity contribution in [3.8, 4) is 0 Å². The Morgan fingerprint density at radius 1 is 1.06 bits per heavy atom. The fraction of sp³-hybridized carbons (Fsp3) is 0.480. The van der Waals surface area contributed by atoms with E-state index < -0.39 is 0 Å². The van der Waals surface area contributed by atoms with Crippen molar-refractivity contribution >= 4 is 29.0 Å². The number of rotatable bonds is 9. The van der Waals surface area contributed by atoms with Crippen molar-refractivity contribution in [3.05, 3.63) is 47.7 Å². The van der Waals surface area contributed by atoms with Crippen LogP contribution in [-0.2, 0) is 14.3 Å². The third-order valence-electron chi connectivity index (χ3n) is 6.15. The number of nitrogens with zero attached hydrogens (tertiary/aromatic N) is 3. The number of hydrogen-bond acceptors (Lipinski definition) is 6. The number of carbonyl (C=O) groups is 2. The average molecular weight is 452 g/mol. The van der Waals surface area contributed by atoms with Crippen molar-refractivity contribution in [3.63, 3.8) is 0 Å². The zero-order chi connectivity index (χ0) is 23.2. The van der Waals surface area contributed by atoms with Gasteiger partial charge in [0.15, 0.2) is 0 Å². The van der Waals surface area contributed by atoms with Crippen LogP contribution < -0.4 is 15.5 Å². The zero-order valence-corrected chi connectivity index (χ0v) is 19.5. The van der Waals surface area contributed by atoms with E-state index >= 15 is 0 Å². The summed E-state index contributed by atoms with van der Waals surface area (Å²) in [4.78, 5) is 34.0. The van der Waals surface area contributed by atoms with Crippen molar-refractivity contribution in [1.29, 1.82) is 0 Å². The predicted molar refractivity (Wildman–Crippen MR) is 130 cm³/mol. The molecular formula is C25H33N5O3. The van der Waals surface area contributed by atoms with Crippen LogP contribution in [0.15, 0.2) is 36.5 Å².